The van der Waals surface area contributed by atoms with Gasteiger partial charge in [-0.05, 0) is 0 Å². The first kappa shape index (κ1) is 5.16. The van der Waals surface area contributed by atoms with Crippen LogP contribution in [0.15, 0.2) is 23.4 Å². The van der Waals surface area contributed by atoms with Crippen molar-refractivity contribution in [3.8, 4) is 0 Å². The molecule has 5 heteroatoms. The fourth-order valence-electron chi connectivity index (χ4n) is 0.753. The Labute approximate surface area is 55.3 Å². The third kappa shape index (κ3) is 0.604. The molecule has 2 heterocycles. The highest BCUT2D eigenvalue weighted by molar-refractivity contribution is 5.31. The van der Waals surface area contributed by atoms with E-state index < -0.39 is 0 Å². The van der Waals surface area contributed by atoms with Gasteiger partial charge < -0.3 is 0 Å². The summed E-state index contributed by atoms with van der Waals surface area (Å²) in [7, 11) is 0. The van der Waals surface area contributed by atoms with Gasteiger partial charge in [-0.3, -0.25) is 0 Å². The van der Waals surface area contributed by atoms with Crippen LogP contribution in [-0.2, 0) is 0 Å². The zero-order valence-corrected chi connectivity index (χ0v) is 4.98. The number of rotatable bonds is 0. The number of fused-ring (bicyclic) bond motifs is 1. The molecule has 0 saturated heterocycles. The molecule has 0 atom stereocenters. The lowest BCUT2D eigenvalue weighted by molar-refractivity contribution is 0.855. The van der Waals surface area contributed by atoms with E-state index >= 15 is 0 Å². The molecule has 0 aromatic carbocycles. The first-order chi connectivity index (χ1) is 4.86. The number of hydrogen-bond acceptors (Lipinski definition) is 3. The molecule has 1 N–H and O–H groups in total. The molecule has 0 aliphatic rings. The molecule has 50 valence electrons. The van der Waals surface area contributed by atoms with E-state index in [2.05, 4.69) is 15.1 Å². The summed E-state index contributed by atoms with van der Waals surface area (Å²) < 4.78 is 1.51. The van der Waals surface area contributed by atoms with Crippen molar-refractivity contribution in [3.63, 3.8) is 0 Å². The fraction of sp³-hybridized carbons (Fsp3) is 0. The van der Waals surface area contributed by atoms with Crippen LogP contribution >= 0.6 is 0 Å². The van der Waals surface area contributed by atoms with Crippen LogP contribution in [0.2, 0.25) is 0 Å². The van der Waals surface area contributed by atoms with Crippen molar-refractivity contribution in [2.75, 3.05) is 0 Å². The molecule has 0 fully saturated rings. The molecule has 0 aliphatic carbocycles. The molecule has 0 amide bonds. The van der Waals surface area contributed by atoms with Gasteiger partial charge in [0.2, 0.25) is 0 Å². The van der Waals surface area contributed by atoms with Gasteiger partial charge in [0.1, 0.15) is 0 Å². The summed E-state index contributed by atoms with van der Waals surface area (Å²) in [4.78, 5) is 17.9. The summed E-state index contributed by atoms with van der Waals surface area (Å²) in [5.41, 5.74) is 0.269. The quantitative estimate of drug-likeness (QED) is 0.526. The number of aromatic nitrogens is 4. The van der Waals surface area contributed by atoms with Crippen LogP contribution in [0.3, 0.4) is 0 Å². The maximum atomic E-state index is 10.6. The topological polar surface area (TPSA) is 63.1 Å². The average Bonchev–Trinajstić information content (AvgIpc) is 2.33. The van der Waals surface area contributed by atoms with Crippen molar-refractivity contribution in [1.82, 2.24) is 19.6 Å². The Morgan fingerprint density at radius 3 is 3.30 bits per heavy atom. The summed E-state index contributed by atoms with van der Waals surface area (Å²) in [6.45, 7) is 0. The van der Waals surface area contributed by atoms with E-state index in [0.29, 0.717) is 5.65 Å². The lowest BCUT2D eigenvalue weighted by atomic mass is 10.8. The van der Waals surface area contributed by atoms with Gasteiger partial charge in [-0.25, -0.2) is 19.4 Å². The summed E-state index contributed by atoms with van der Waals surface area (Å²) >= 11 is 0. The first-order valence-corrected chi connectivity index (χ1v) is 2.75. The summed E-state index contributed by atoms with van der Waals surface area (Å²) in [6.07, 6.45) is 4.66. The van der Waals surface area contributed by atoms with Crippen LogP contribution in [0, 0.1) is 0 Å². The van der Waals surface area contributed by atoms with Gasteiger partial charge in [0.25, 0.3) is 0 Å². The Kier molecular flexibility index (Phi) is 0.858. The Bertz CT molecular complexity index is 401. The minimum absolute atomic E-state index is 0.370. The minimum atomic E-state index is -0.370. The Hall–Kier alpha value is -1.65. The zero-order chi connectivity index (χ0) is 6.97. The number of H-pyrrole nitrogens is 1. The molecule has 0 unspecified atom stereocenters. The van der Waals surface area contributed by atoms with E-state index in [1.165, 1.54) is 10.7 Å². The van der Waals surface area contributed by atoms with E-state index in [4.69, 9.17) is 0 Å². The molecule has 0 saturated carbocycles. The first-order valence-electron chi connectivity index (χ1n) is 2.75. The number of imidazole rings is 1. The summed E-state index contributed by atoms with van der Waals surface area (Å²) in [5, 5.41) is 2.46. The van der Waals surface area contributed by atoms with Gasteiger partial charge in [-0.15, -0.1) is 0 Å². The monoisotopic (exact) mass is 136 g/mol. The second kappa shape index (κ2) is 1.66. The van der Waals surface area contributed by atoms with Crippen LogP contribution in [0.4, 0.5) is 0 Å². The van der Waals surface area contributed by atoms with Crippen molar-refractivity contribution in [3.05, 3.63) is 29.1 Å². The molecule has 0 bridgehead atoms. The normalized spacial score (nSPS) is 10.4. The summed E-state index contributed by atoms with van der Waals surface area (Å²) in [6, 6.07) is 0. The largest absolute Gasteiger partial charge is 0.360 e. The van der Waals surface area contributed by atoms with Crippen molar-refractivity contribution < 1.29 is 0 Å². The molecule has 2 aromatic heterocycles. The highest BCUT2D eigenvalue weighted by atomic mass is 16.1. The van der Waals surface area contributed by atoms with Gasteiger partial charge in [0.05, 0.1) is 6.20 Å². The molecular weight excluding hydrogens is 132 g/mol. The van der Waals surface area contributed by atoms with Crippen LogP contribution in [-0.4, -0.2) is 19.6 Å². The Morgan fingerprint density at radius 2 is 2.40 bits per heavy atom. The second-order valence-electron chi connectivity index (χ2n) is 1.83. The van der Waals surface area contributed by atoms with Crippen LogP contribution < -0.4 is 5.69 Å². The van der Waals surface area contributed by atoms with Crippen molar-refractivity contribution in [1.29, 1.82) is 0 Å². The standard InChI is InChI=1S/C5H4N4O/c10-5-7-3-4-6-1-2-9(4)8-5/h1-3H,(H,8,10). The van der Waals surface area contributed by atoms with Crippen LogP contribution in [0.25, 0.3) is 5.65 Å². The molecule has 2 aromatic rings. The lowest BCUT2D eigenvalue weighted by Crippen LogP contribution is -2.13. The van der Waals surface area contributed by atoms with E-state index in [9.17, 15) is 4.79 Å². The molecule has 10 heavy (non-hydrogen) atoms. The predicted molar refractivity (Wildman–Crippen MR) is 33.6 cm³/mol. The van der Waals surface area contributed by atoms with Gasteiger partial charge in [-0.2, -0.15) is 4.98 Å². The number of nitrogens with one attached hydrogen (secondary N) is 1. The van der Waals surface area contributed by atoms with Gasteiger partial charge in [-0.1, -0.05) is 0 Å². The van der Waals surface area contributed by atoms with Crippen molar-refractivity contribution in [2.45, 2.75) is 0 Å². The molecule has 5 nitrogen and oxygen atoms in total. The number of aromatic amines is 1. The molecule has 0 aliphatic heterocycles. The van der Waals surface area contributed by atoms with Crippen LogP contribution in [0.5, 0.6) is 0 Å². The Morgan fingerprint density at radius 1 is 1.50 bits per heavy atom. The lowest BCUT2D eigenvalue weighted by Gasteiger charge is -1.87. The third-order valence-electron chi connectivity index (χ3n) is 1.18. The highest BCUT2D eigenvalue weighted by Gasteiger charge is 1.90. The van der Waals surface area contributed by atoms with E-state index in [1.807, 2.05) is 0 Å². The van der Waals surface area contributed by atoms with Gasteiger partial charge in [0, 0.05) is 12.4 Å². The highest BCUT2D eigenvalue weighted by Crippen LogP contribution is 1.88. The van der Waals surface area contributed by atoms with E-state index in [0.717, 1.165) is 0 Å². The van der Waals surface area contributed by atoms with E-state index in [1.54, 1.807) is 12.4 Å². The average molecular weight is 136 g/mol. The minimum Gasteiger partial charge on any atom is -0.244 e. The molecule has 0 radical (unpaired) electrons. The smallest absolute Gasteiger partial charge is 0.244 e. The second-order valence-corrected chi connectivity index (χ2v) is 1.83. The fourth-order valence-corrected chi connectivity index (χ4v) is 0.753. The predicted octanol–water partition coefficient (Wildman–Crippen LogP) is -0.582. The molecule has 0 spiro atoms. The van der Waals surface area contributed by atoms with Crippen molar-refractivity contribution >= 4 is 5.65 Å². The van der Waals surface area contributed by atoms with Gasteiger partial charge in [0.15, 0.2) is 5.65 Å². The third-order valence-corrected chi connectivity index (χ3v) is 1.18. The zero-order valence-electron chi connectivity index (χ0n) is 4.98. The number of hydrogen-bond donors (Lipinski definition) is 1. The molecular formula is C5H4N4O. The summed E-state index contributed by atoms with van der Waals surface area (Å²) in [5.74, 6) is 0. The van der Waals surface area contributed by atoms with Crippen LogP contribution in [0.1, 0.15) is 0 Å². The Balaban J connectivity index is 2.99. The maximum Gasteiger partial charge on any atom is 0.360 e. The number of nitrogens with zero attached hydrogens (tertiary/aromatic N) is 3. The van der Waals surface area contributed by atoms with Gasteiger partial charge >= 0.3 is 5.69 Å². The SMILES string of the molecule is O=c1ncc2nccn2[nH]1. The molecule has 2 rings (SSSR count). The van der Waals surface area contributed by atoms with Crippen molar-refractivity contribution in [2.24, 2.45) is 0 Å². The van der Waals surface area contributed by atoms with E-state index in [-0.39, 0.29) is 5.69 Å². The maximum absolute atomic E-state index is 10.6.